The smallest absolute Gasteiger partial charge is 0.255 e. The van der Waals surface area contributed by atoms with Gasteiger partial charge in [-0.3, -0.25) is 19.2 Å². The second-order valence-electron chi connectivity index (χ2n) is 11.0. The lowest BCUT2D eigenvalue weighted by atomic mass is 9.58. The molecule has 11 heteroatoms. The maximum absolute atomic E-state index is 13.9. The van der Waals surface area contributed by atoms with Gasteiger partial charge in [-0.1, -0.05) is 20.8 Å². The standard InChI is InChI=1S/C29H39N3O8/c1-7-15(8-2)28(39)31-19-9-10-20(34)23-21(19)13(3)16-11-18(14(4)32(5)6)29(40,26(37)22(16)24(23)35)25(36)17(12-33)27(30)38/h9-10,12-16,18,33-34,37,40H,7-8,11H2,1-6H3,(H2,30,38)(H,31,39)/b17-12-/t13-,14-,16-,18+,29-/m1/s1. The molecule has 2 aliphatic carbocycles. The van der Waals surface area contributed by atoms with Gasteiger partial charge >= 0.3 is 0 Å². The van der Waals surface area contributed by atoms with E-state index in [2.05, 4.69) is 5.32 Å². The Balaban J connectivity index is 2.29. The predicted molar refractivity (Wildman–Crippen MR) is 148 cm³/mol. The van der Waals surface area contributed by atoms with E-state index >= 15 is 0 Å². The van der Waals surface area contributed by atoms with E-state index in [0.29, 0.717) is 24.1 Å². The zero-order chi connectivity index (χ0) is 30.3. The zero-order valence-electron chi connectivity index (χ0n) is 23.7. The van der Waals surface area contributed by atoms with E-state index in [1.165, 1.54) is 12.1 Å². The van der Waals surface area contributed by atoms with Crippen molar-refractivity contribution in [2.75, 3.05) is 19.4 Å². The third kappa shape index (κ3) is 4.77. The molecule has 0 heterocycles. The van der Waals surface area contributed by atoms with Gasteiger partial charge in [-0.15, -0.1) is 0 Å². The Kier molecular flexibility index (Phi) is 8.80. The van der Waals surface area contributed by atoms with Crippen LogP contribution in [0.15, 0.2) is 35.3 Å². The van der Waals surface area contributed by atoms with Crippen LogP contribution in [0.25, 0.3) is 0 Å². The van der Waals surface area contributed by atoms with E-state index in [1.54, 1.807) is 32.8 Å². The molecule has 2 amide bonds. The lowest BCUT2D eigenvalue weighted by molar-refractivity contribution is -0.145. The molecular formula is C29H39N3O8. The fourth-order valence-electron chi connectivity index (χ4n) is 6.13. The Labute approximate surface area is 233 Å². The first-order valence-electron chi connectivity index (χ1n) is 13.4. The number of primary amides is 1. The minimum Gasteiger partial charge on any atom is -0.515 e. The lowest BCUT2D eigenvalue weighted by Gasteiger charge is -2.48. The summed E-state index contributed by atoms with van der Waals surface area (Å²) in [7, 11) is 3.41. The highest BCUT2D eigenvalue weighted by Crippen LogP contribution is 2.54. The highest BCUT2D eigenvalue weighted by Gasteiger charge is 2.59. The van der Waals surface area contributed by atoms with Crippen LogP contribution < -0.4 is 11.1 Å². The summed E-state index contributed by atoms with van der Waals surface area (Å²) >= 11 is 0. The molecule has 40 heavy (non-hydrogen) atoms. The third-order valence-corrected chi connectivity index (χ3v) is 8.78. The van der Waals surface area contributed by atoms with Crippen molar-refractivity contribution in [2.45, 2.75) is 64.5 Å². The van der Waals surface area contributed by atoms with Gasteiger partial charge in [-0.05, 0) is 69.8 Å². The number of Topliss-reactive ketones (excluding diaryl/α,β-unsaturated/α-hetero) is 2. The number of benzene rings is 1. The van der Waals surface area contributed by atoms with Crippen LogP contribution in [0, 0.1) is 17.8 Å². The van der Waals surface area contributed by atoms with Crippen molar-refractivity contribution in [3.05, 3.63) is 46.4 Å². The highest BCUT2D eigenvalue weighted by atomic mass is 16.3. The zero-order valence-corrected chi connectivity index (χ0v) is 23.7. The first kappa shape index (κ1) is 30.8. The number of phenolic OH excluding ortho intramolecular Hbond substituents is 1. The number of aliphatic hydroxyl groups is 3. The van der Waals surface area contributed by atoms with Crippen LogP contribution in [0.1, 0.15) is 68.8 Å². The maximum atomic E-state index is 13.9. The van der Waals surface area contributed by atoms with E-state index in [-0.39, 0.29) is 35.6 Å². The molecule has 1 aromatic rings. The number of anilines is 1. The van der Waals surface area contributed by atoms with Gasteiger partial charge in [0.05, 0.1) is 11.8 Å². The number of hydrogen-bond donors (Lipinski definition) is 6. The number of phenols is 1. The summed E-state index contributed by atoms with van der Waals surface area (Å²) in [5.74, 6) is -7.61. The molecule has 0 saturated heterocycles. The summed E-state index contributed by atoms with van der Waals surface area (Å²) in [5, 5.41) is 46.6. The van der Waals surface area contributed by atoms with Crippen LogP contribution in [0.5, 0.6) is 5.75 Å². The van der Waals surface area contributed by atoms with E-state index in [1.807, 2.05) is 13.8 Å². The van der Waals surface area contributed by atoms with Crippen LogP contribution >= 0.6 is 0 Å². The second kappa shape index (κ2) is 11.4. The molecule has 3 rings (SSSR count). The van der Waals surface area contributed by atoms with Gasteiger partial charge in [0.15, 0.2) is 11.4 Å². The topological polar surface area (TPSA) is 190 Å². The van der Waals surface area contributed by atoms with Crippen molar-refractivity contribution in [3.63, 3.8) is 0 Å². The highest BCUT2D eigenvalue weighted by molar-refractivity contribution is 6.23. The largest absolute Gasteiger partial charge is 0.515 e. The van der Waals surface area contributed by atoms with Crippen LogP contribution in [0.3, 0.4) is 0 Å². The molecule has 0 radical (unpaired) electrons. The number of aromatic hydroxyl groups is 1. The molecule has 0 spiro atoms. The molecule has 7 N–H and O–H groups in total. The number of nitrogens with two attached hydrogens (primary N) is 1. The maximum Gasteiger partial charge on any atom is 0.255 e. The Morgan fingerprint density at radius 3 is 2.30 bits per heavy atom. The van der Waals surface area contributed by atoms with Crippen molar-refractivity contribution in [3.8, 4) is 5.75 Å². The normalized spacial score (nSPS) is 25.5. The summed E-state index contributed by atoms with van der Waals surface area (Å²) in [6, 6.07) is 2.23. The molecule has 0 fully saturated rings. The summed E-state index contributed by atoms with van der Waals surface area (Å²) in [6.45, 7) is 7.29. The number of aliphatic hydroxyl groups excluding tert-OH is 2. The van der Waals surface area contributed by atoms with Crippen LogP contribution in [0.4, 0.5) is 5.69 Å². The number of nitrogens with one attached hydrogen (secondary N) is 1. The van der Waals surface area contributed by atoms with Gasteiger partial charge in [-0.25, -0.2) is 0 Å². The van der Waals surface area contributed by atoms with Gasteiger partial charge in [0.2, 0.25) is 11.7 Å². The van der Waals surface area contributed by atoms with E-state index in [4.69, 9.17) is 5.73 Å². The minimum absolute atomic E-state index is 0.0143. The fourth-order valence-corrected chi connectivity index (χ4v) is 6.13. The third-order valence-electron chi connectivity index (χ3n) is 8.78. The van der Waals surface area contributed by atoms with Crippen molar-refractivity contribution in [1.82, 2.24) is 4.90 Å². The number of hydrogen-bond acceptors (Lipinski definition) is 9. The molecule has 5 atom stereocenters. The summed E-state index contributed by atoms with van der Waals surface area (Å²) in [6.07, 6.45) is 1.42. The quantitative estimate of drug-likeness (QED) is 0.0871. The molecule has 218 valence electrons. The number of carbonyl (C=O) groups excluding carboxylic acids is 4. The Bertz CT molecular complexity index is 1300. The lowest BCUT2D eigenvalue weighted by Crippen LogP contribution is -2.59. The van der Waals surface area contributed by atoms with Gasteiger partial charge in [-0.2, -0.15) is 0 Å². The molecular weight excluding hydrogens is 518 g/mol. The first-order valence-corrected chi connectivity index (χ1v) is 13.4. The number of nitrogens with zero attached hydrogens (tertiary/aromatic N) is 1. The number of ketones is 2. The SMILES string of the molecule is CCC(CC)C(=O)Nc1ccc(O)c2c1[C@H](C)[C@H]1C[C@@H]([C@@H](C)N(C)C)[C@@](O)(C(=O)/C(=C/O)C(N)=O)C(O)=C1C2=O. The predicted octanol–water partition coefficient (Wildman–Crippen LogP) is 2.69. The molecule has 0 bridgehead atoms. The Hall–Kier alpha value is -3.70. The van der Waals surface area contributed by atoms with Gasteiger partial charge in [0.25, 0.3) is 5.91 Å². The molecule has 0 unspecified atom stereocenters. The number of rotatable bonds is 9. The molecule has 2 aliphatic rings. The molecule has 11 nitrogen and oxygen atoms in total. The van der Waals surface area contributed by atoms with Gasteiger partial charge < -0.3 is 36.4 Å². The Morgan fingerprint density at radius 2 is 1.80 bits per heavy atom. The molecule has 0 saturated carbocycles. The van der Waals surface area contributed by atoms with E-state index in [0.717, 1.165) is 0 Å². The van der Waals surface area contributed by atoms with Crippen LogP contribution in [0.2, 0.25) is 0 Å². The monoisotopic (exact) mass is 557 g/mol. The minimum atomic E-state index is -2.77. The molecule has 1 aromatic carbocycles. The average molecular weight is 558 g/mol. The fraction of sp³-hybridized carbons (Fsp3) is 0.517. The van der Waals surface area contributed by atoms with Crippen LogP contribution in [-0.4, -0.2) is 74.4 Å². The number of fused-ring (bicyclic) bond motifs is 2. The number of allylic oxidation sites excluding steroid dienone is 1. The molecule has 0 aliphatic heterocycles. The van der Waals surface area contributed by atoms with E-state index in [9.17, 15) is 39.6 Å². The van der Waals surface area contributed by atoms with Gasteiger partial charge in [0, 0.05) is 29.1 Å². The Morgan fingerprint density at radius 1 is 1.20 bits per heavy atom. The number of carbonyl (C=O) groups is 4. The first-order chi connectivity index (χ1) is 18.7. The van der Waals surface area contributed by atoms with Crippen molar-refractivity contribution >= 4 is 29.1 Å². The molecule has 0 aromatic heterocycles. The van der Waals surface area contributed by atoms with Crippen molar-refractivity contribution in [2.24, 2.45) is 23.5 Å². The number of amides is 2. The summed E-state index contributed by atoms with van der Waals surface area (Å²) in [5.41, 5.74) is 1.87. The second-order valence-corrected chi connectivity index (χ2v) is 11.0. The summed E-state index contributed by atoms with van der Waals surface area (Å²) in [4.78, 5) is 54.0. The average Bonchev–Trinajstić information content (AvgIpc) is 2.89. The van der Waals surface area contributed by atoms with E-state index < -0.39 is 64.0 Å². The van der Waals surface area contributed by atoms with Crippen LogP contribution in [-0.2, 0) is 14.4 Å². The van der Waals surface area contributed by atoms with Gasteiger partial charge in [0.1, 0.15) is 17.1 Å². The van der Waals surface area contributed by atoms with Crippen molar-refractivity contribution in [1.29, 1.82) is 0 Å². The van der Waals surface area contributed by atoms with Crippen molar-refractivity contribution < 1.29 is 39.6 Å². The summed E-state index contributed by atoms with van der Waals surface area (Å²) < 4.78 is 0.